The fourth-order valence-corrected chi connectivity index (χ4v) is 1.24. The van der Waals surface area contributed by atoms with Gasteiger partial charge >= 0.3 is 0 Å². The molecular weight excluding hydrogens is 210 g/mol. The highest BCUT2D eigenvalue weighted by atomic mass is 35.5. The minimum Gasteiger partial charge on any atom is -0.236 e. The Hall–Kier alpha value is -1.42. The van der Waals surface area contributed by atoms with Gasteiger partial charge in [-0.05, 0) is 12.1 Å². The van der Waals surface area contributed by atoms with Crippen molar-refractivity contribution in [2.75, 3.05) is 0 Å². The molecule has 0 N–H and O–H groups in total. The summed E-state index contributed by atoms with van der Waals surface area (Å²) in [5.41, 5.74) is 0.0388. The second kappa shape index (κ2) is 3.38. The van der Waals surface area contributed by atoms with Crippen LogP contribution < -0.4 is 0 Å². The second-order valence-electron chi connectivity index (χ2n) is 2.68. The van der Waals surface area contributed by atoms with E-state index in [-0.39, 0.29) is 5.69 Å². The summed E-state index contributed by atoms with van der Waals surface area (Å²) in [6.07, 6.45) is 2.76. The number of aromatic nitrogens is 2. The molecular formula is C9H5ClF2N2. The van der Waals surface area contributed by atoms with Crippen molar-refractivity contribution >= 4 is 11.6 Å². The van der Waals surface area contributed by atoms with Gasteiger partial charge in [-0.15, -0.1) is 0 Å². The Balaban J connectivity index is 2.57. The quantitative estimate of drug-likeness (QED) is 0.714. The monoisotopic (exact) mass is 214 g/mol. The molecule has 1 aromatic carbocycles. The second-order valence-corrected chi connectivity index (χ2v) is 3.11. The zero-order chi connectivity index (χ0) is 10.1. The van der Waals surface area contributed by atoms with Crippen molar-refractivity contribution in [2.24, 2.45) is 0 Å². The van der Waals surface area contributed by atoms with Gasteiger partial charge in [0.05, 0.1) is 11.2 Å². The molecule has 0 atom stereocenters. The van der Waals surface area contributed by atoms with Crippen molar-refractivity contribution in [1.29, 1.82) is 0 Å². The normalized spacial score (nSPS) is 10.5. The molecule has 0 amide bonds. The molecule has 0 unspecified atom stereocenters. The highest BCUT2D eigenvalue weighted by Crippen LogP contribution is 2.17. The maximum absolute atomic E-state index is 13.2. The van der Waals surface area contributed by atoms with E-state index in [1.807, 2.05) is 0 Å². The Bertz CT molecular complexity index is 468. The first kappa shape index (κ1) is 9.15. The third-order valence-corrected chi connectivity index (χ3v) is 1.92. The Morgan fingerprint density at radius 2 is 2.07 bits per heavy atom. The van der Waals surface area contributed by atoms with Gasteiger partial charge in [-0.1, -0.05) is 17.7 Å². The summed E-state index contributed by atoms with van der Waals surface area (Å²) in [5.74, 6) is -1.85. The van der Waals surface area contributed by atoms with Crippen molar-refractivity contribution in [1.82, 2.24) is 9.78 Å². The molecule has 1 heterocycles. The fourth-order valence-electron chi connectivity index (χ4n) is 1.10. The van der Waals surface area contributed by atoms with Gasteiger partial charge in [0.1, 0.15) is 5.69 Å². The predicted octanol–water partition coefficient (Wildman–Crippen LogP) is 2.80. The maximum atomic E-state index is 13.2. The largest absolute Gasteiger partial charge is 0.236 e. The number of halogens is 3. The lowest BCUT2D eigenvalue weighted by Crippen LogP contribution is -1.99. The van der Waals surface area contributed by atoms with Crippen molar-refractivity contribution in [3.8, 4) is 5.69 Å². The molecule has 0 aliphatic heterocycles. The first-order chi connectivity index (χ1) is 6.68. The summed E-state index contributed by atoms with van der Waals surface area (Å²) in [6, 6.07) is 3.87. The zero-order valence-electron chi connectivity index (χ0n) is 6.92. The van der Waals surface area contributed by atoms with Gasteiger partial charge in [0.2, 0.25) is 0 Å². The van der Waals surface area contributed by atoms with Gasteiger partial charge in [0.15, 0.2) is 11.6 Å². The van der Waals surface area contributed by atoms with Crippen LogP contribution >= 0.6 is 11.6 Å². The van der Waals surface area contributed by atoms with E-state index < -0.39 is 11.6 Å². The summed E-state index contributed by atoms with van der Waals surface area (Å²) in [4.78, 5) is 0. The molecule has 72 valence electrons. The number of benzene rings is 1. The van der Waals surface area contributed by atoms with E-state index in [0.717, 1.165) is 6.07 Å². The van der Waals surface area contributed by atoms with Crippen LogP contribution in [0.15, 0.2) is 30.6 Å². The van der Waals surface area contributed by atoms with Crippen LogP contribution in [0.2, 0.25) is 5.02 Å². The van der Waals surface area contributed by atoms with E-state index in [4.69, 9.17) is 11.6 Å². The Morgan fingerprint density at radius 3 is 2.71 bits per heavy atom. The molecule has 2 rings (SSSR count). The minimum atomic E-state index is -0.938. The Morgan fingerprint density at radius 1 is 1.29 bits per heavy atom. The van der Waals surface area contributed by atoms with Crippen molar-refractivity contribution in [2.45, 2.75) is 0 Å². The van der Waals surface area contributed by atoms with E-state index in [2.05, 4.69) is 5.10 Å². The summed E-state index contributed by atoms with van der Waals surface area (Å²) in [5, 5.41) is 4.14. The van der Waals surface area contributed by atoms with E-state index in [1.165, 1.54) is 29.2 Å². The molecule has 5 heteroatoms. The molecule has 0 saturated heterocycles. The molecule has 0 radical (unpaired) electrons. The lowest BCUT2D eigenvalue weighted by Gasteiger charge is -2.02. The molecule has 2 nitrogen and oxygen atoms in total. The lowest BCUT2D eigenvalue weighted by atomic mass is 10.3. The van der Waals surface area contributed by atoms with Gasteiger partial charge in [0.25, 0.3) is 0 Å². The summed E-state index contributed by atoms with van der Waals surface area (Å²) in [7, 11) is 0. The van der Waals surface area contributed by atoms with Gasteiger partial charge in [-0.2, -0.15) is 5.10 Å². The molecule has 2 aromatic rings. The standard InChI is InChI=1S/C9H5ClF2N2/c10-6-4-13-14(5-6)8-3-1-2-7(11)9(8)12/h1-5H. The highest BCUT2D eigenvalue weighted by molar-refractivity contribution is 6.30. The van der Waals surface area contributed by atoms with Crippen LogP contribution in [-0.2, 0) is 0 Å². The summed E-state index contributed by atoms with van der Waals surface area (Å²) >= 11 is 5.60. The summed E-state index contributed by atoms with van der Waals surface area (Å²) < 4.78 is 27.2. The molecule has 0 aliphatic carbocycles. The first-order valence-electron chi connectivity index (χ1n) is 3.83. The highest BCUT2D eigenvalue weighted by Gasteiger charge is 2.09. The maximum Gasteiger partial charge on any atom is 0.184 e. The van der Waals surface area contributed by atoms with Gasteiger partial charge in [-0.3, -0.25) is 0 Å². The average Bonchev–Trinajstić information content (AvgIpc) is 2.57. The molecule has 0 bridgehead atoms. The third kappa shape index (κ3) is 1.48. The van der Waals surface area contributed by atoms with Crippen LogP contribution in [0.1, 0.15) is 0 Å². The molecule has 0 fully saturated rings. The molecule has 0 aliphatic rings. The van der Waals surface area contributed by atoms with Crippen LogP contribution in [0, 0.1) is 11.6 Å². The SMILES string of the molecule is Fc1cccc(-n2cc(Cl)cn2)c1F. The van der Waals surface area contributed by atoms with Crippen LogP contribution in [0.5, 0.6) is 0 Å². The van der Waals surface area contributed by atoms with Crippen molar-refractivity contribution in [3.63, 3.8) is 0 Å². The van der Waals surface area contributed by atoms with Crippen LogP contribution in [0.4, 0.5) is 8.78 Å². The topological polar surface area (TPSA) is 17.8 Å². The number of hydrogen-bond acceptors (Lipinski definition) is 1. The molecule has 1 aromatic heterocycles. The zero-order valence-corrected chi connectivity index (χ0v) is 7.67. The van der Waals surface area contributed by atoms with Crippen LogP contribution in [0.25, 0.3) is 5.69 Å². The van der Waals surface area contributed by atoms with Gasteiger partial charge < -0.3 is 0 Å². The van der Waals surface area contributed by atoms with E-state index >= 15 is 0 Å². The Kier molecular flexibility index (Phi) is 2.21. The number of rotatable bonds is 1. The smallest absolute Gasteiger partial charge is 0.184 e. The fraction of sp³-hybridized carbons (Fsp3) is 0. The molecule has 14 heavy (non-hydrogen) atoms. The van der Waals surface area contributed by atoms with E-state index in [9.17, 15) is 8.78 Å². The van der Waals surface area contributed by atoms with Gasteiger partial charge in [-0.25, -0.2) is 13.5 Å². The van der Waals surface area contributed by atoms with Crippen LogP contribution in [0.3, 0.4) is 0 Å². The van der Waals surface area contributed by atoms with E-state index in [0.29, 0.717) is 5.02 Å². The first-order valence-corrected chi connectivity index (χ1v) is 4.21. The summed E-state index contributed by atoms with van der Waals surface area (Å²) in [6.45, 7) is 0. The predicted molar refractivity (Wildman–Crippen MR) is 48.5 cm³/mol. The van der Waals surface area contributed by atoms with Crippen molar-refractivity contribution < 1.29 is 8.78 Å². The van der Waals surface area contributed by atoms with Gasteiger partial charge in [0, 0.05) is 6.20 Å². The van der Waals surface area contributed by atoms with E-state index in [1.54, 1.807) is 0 Å². The van der Waals surface area contributed by atoms with Crippen LogP contribution in [-0.4, -0.2) is 9.78 Å². The average molecular weight is 215 g/mol. The molecule has 0 spiro atoms. The third-order valence-electron chi connectivity index (χ3n) is 1.73. The Labute approximate surface area is 83.7 Å². The molecule has 0 saturated carbocycles. The number of nitrogens with zero attached hydrogens (tertiary/aromatic N) is 2. The minimum absolute atomic E-state index is 0.0388. The lowest BCUT2D eigenvalue weighted by molar-refractivity contribution is 0.501. The number of hydrogen-bond donors (Lipinski definition) is 0. The van der Waals surface area contributed by atoms with Crippen molar-refractivity contribution in [3.05, 3.63) is 47.2 Å².